The van der Waals surface area contributed by atoms with Crippen molar-refractivity contribution in [3.05, 3.63) is 59.6 Å². The highest BCUT2D eigenvalue weighted by atomic mass is 32.2. The second-order valence-electron chi connectivity index (χ2n) is 7.21. The third kappa shape index (κ3) is 4.05. The summed E-state index contributed by atoms with van der Waals surface area (Å²) in [5, 5.41) is 18.5. The highest BCUT2D eigenvalue weighted by Crippen LogP contribution is 2.39. The summed E-state index contributed by atoms with van der Waals surface area (Å²) in [4.78, 5) is 7.85. The first-order valence-electron chi connectivity index (χ1n) is 10.1. The summed E-state index contributed by atoms with van der Waals surface area (Å²) in [5.41, 5.74) is 3.41. The van der Waals surface area contributed by atoms with Gasteiger partial charge in [0.1, 0.15) is 0 Å². The Balaban J connectivity index is 1.79. The zero-order valence-electron chi connectivity index (χ0n) is 18.2. The number of thiocarbonyl (C=S) groups is 1. The van der Waals surface area contributed by atoms with Crippen LogP contribution in [0.2, 0.25) is 0 Å². The fourth-order valence-electron chi connectivity index (χ4n) is 3.77. The lowest BCUT2D eigenvalue weighted by atomic mass is 9.94. The molecule has 2 heterocycles. The van der Waals surface area contributed by atoms with Crippen molar-refractivity contribution < 1.29 is 14.4 Å². The SMILES string of the molecule is CCN1C(=S)NC(c2ccc(OC)c(O)c2)C(c2nc(-c3ccc(SC)cc3)no2)=C1C. The molecule has 1 aromatic heterocycles. The van der Waals surface area contributed by atoms with Crippen LogP contribution in [0.15, 0.2) is 57.6 Å². The zero-order valence-corrected chi connectivity index (χ0v) is 19.9. The molecule has 1 aliphatic heterocycles. The van der Waals surface area contributed by atoms with Gasteiger partial charge in [0.15, 0.2) is 16.6 Å². The van der Waals surface area contributed by atoms with E-state index in [0.29, 0.717) is 29.1 Å². The number of aromatic hydroxyl groups is 1. The molecule has 0 amide bonds. The lowest BCUT2D eigenvalue weighted by molar-refractivity contribution is 0.372. The summed E-state index contributed by atoms with van der Waals surface area (Å²) in [5.74, 6) is 1.37. The molecule has 0 aliphatic carbocycles. The Morgan fingerprint density at radius 3 is 2.62 bits per heavy atom. The molecule has 0 radical (unpaired) electrons. The third-order valence-electron chi connectivity index (χ3n) is 5.45. The van der Waals surface area contributed by atoms with Gasteiger partial charge < -0.3 is 24.6 Å². The van der Waals surface area contributed by atoms with Crippen LogP contribution in [-0.4, -0.2) is 45.2 Å². The minimum Gasteiger partial charge on any atom is -0.504 e. The molecule has 9 heteroatoms. The molecule has 1 unspecified atom stereocenters. The third-order valence-corrected chi connectivity index (χ3v) is 6.54. The van der Waals surface area contributed by atoms with Gasteiger partial charge in [0, 0.05) is 22.7 Å². The molecular formula is C23H24N4O3S2. The standard InChI is InChI=1S/C23H24N4O3S2/c1-5-27-13(2)19(20(24-23(27)31)15-8-11-18(29-3)17(28)12-15)22-25-21(26-30-22)14-6-9-16(32-4)10-7-14/h6-12,20,28H,5H2,1-4H3,(H,24,31). The van der Waals surface area contributed by atoms with Crippen molar-refractivity contribution in [3.63, 3.8) is 0 Å². The first kappa shape index (κ1) is 22.2. The number of hydrogen-bond donors (Lipinski definition) is 2. The van der Waals surface area contributed by atoms with Crippen molar-refractivity contribution in [2.45, 2.75) is 24.8 Å². The van der Waals surface area contributed by atoms with E-state index in [1.807, 2.05) is 55.3 Å². The second-order valence-corrected chi connectivity index (χ2v) is 8.48. The van der Waals surface area contributed by atoms with Crippen LogP contribution in [-0.2, 0) is 0 Å². The molecule has 32 heavy (non-hydrogen) atoms. The number of phenolic OH excluding ortho intramolecular Hbond substituents is 1. The maximum atomic E-state index is 10.3. The first-order chi connectivity index (χ1) is 15.5. The summed E-state index contributed by atoms with van der Waals surface area (Å²) in [6.07, 6.45) is 2.04. The summed E-state index contributed by atoms with van der Waals surface area (Å²) in [7, 11) is 1.52. The minimum atomic E-state index is -0.366. The van der Waals surface area contributed by atoms with Gasteiger partial charge in [-0.2, -0.15) is 4.98 Å². The largest absolute Gasteiger partial charge is 0.504 e. The second kappa shape index (κ2) is 9.22. The molecule has 166 valence electrons. The number of nitrogens with zero attached hydrogens (tertiary/aromatic N) is 3. The van der Waals surface area contributed by atoms with E-state index in [0.717, 1.165) is 22.4 Å². The van der Waals surface area contributed by atoms with Gasteiger partial charge in [-0.3, -0.25) is 0 Å². The molecule has 0 fully saturated rings. The van der Waals surface area contributed by atoms with Gasteiger partial charge >= 0.3 is 0 Å². The van der Waals surface area contributed by atoms with Gasteiger partial charge in [0.2, 0.25) is 5.82 Å². The van der Waals surface area contributed by atoms with Crippen molar-refractivity contribution in [1.29, 1.82) is 0 Å². The molecule has 2 N–H and O–H groups in total. The average Bonchev–Trinajstić information content (AvgIpc) is 3.28. The molecule has 0 spiro atoms. The van der Waals surface area contributed by atoms with Gasteiger partial charge in [0.25, 0.3) is 5.89 Å². The zero-order chi connectivity index (χ0) is 22.8. The molecule has 7 nitrogen and oxygen atoms in total. The van der Waals surface area contributed by atoms with Gasteiger partial charge in [-0.15, -0.1) is 11.8 Å². The average molecular weight is 469 g/mol. The van der Waals surface area contributed by atoms with Crippen molar-refractivity contribution in [2.75, 3.05) is 19.9 Å². The molecule has 4 rings (SSSR count). The van der Waals surface area contributed by atoms with Gasteiger partial charge in [-0.25, -0.2) is 0 Å². The number of nitrogens with one attached hydrogen (secondary N) is 1. The van der Waals surface area contributed by atoms with Crippen LogP contribution in [0.1, 0.15) is 31.3 Å². The maximum absolute atomic E-state index is 10.3. The molecular weight excluding hydrogens is 444 g/mol. The quantitative estimate of drug-likeness (QED) is 0.389. The monoisotopic (exact) mass is 468 g/mol. The Morgan fingerprint density at radius 1 is 1.25 bits per heavy atom. The highest BCUT2D eigenvalue weighted by Gasteiger charge is 2.34. The van der Waals surface area contributed by atoms with E-state index >= 15 is 0 Å². The van der Waals surface area contributed by atoms with Crippen LogP contribution < -0.4 is 10.1 Å². The van der Waals surface area contributed by atoms with E-state index < -0.39 is 0 Å². The Bertz CT molecular complexity index is 1170. The van der Waals surface area contributed by atoms with Crippen LogP contribution in [0.5, 0.6) is 11.5 Å². The summed E-state index contributed by atoms with van der Waals surface area (Å²) < 4.78 is 10.9. The van der Waals surface area contributed by atoms with Crippen molar-refractivity contribution in [3.8, 4) is 22.9 Å². The molecule has 3 aromatic rings. The number of aromatic nitrogens is 2. The normalized spacial score (nSPS) is 16.3. The topological polar surface area (TPSA) is 83.7 Å². The van der Waals surface area contributed by atoms with E-state index in [1.54, 1.807) is 23.9 Å². The fourth-order valence-corrected chi connectivity index (χ4v) is 4.56. The predicted octanol–water partition coefficient (Wildman–Crippen LogP) is 4.86. The lowest BCUT2D eigenvalue weighted by Crippen LogP contribution is -2.45. The number of ether oxygens (including phenoxy) is 1. The van der Waals surface area contributed by atoms with Crippen LogP contribution in [0.25, 0.3) is 17.0 Å². The molecule has 0 bridgehead atoms. The lowest BCUT2D eigenvalue weighted by Gasteiger charge is -2.36. The number of thioether (sulfide) groups is 1. The number of benzene rings is 2. The van der Waals surface area contributed by atoms with E-state index in [4.69, 9.17) is 26.5 Å². The molecule has 1 aliphatic rings. The van der Waals surface area contributed by atoms with Crippen LogP contribution in [0.3, 0.4) is 0 Å². The summed E-state index contributed by atoms with van der Waals surface area (Å²) in [6, 6.07) is 12.9. The highest BCUT2D eigenvalue weighted by molar-refractivity contribution is 7.98. The van der Waals surface area contributed by atoms with Crippen molar-refractivity contribution in [1.82, 2.24) is 20.4 Å². The number of rotatable bonds is 6. The molecule has 0 saturated carbocycles. The Labute approximate surface area is 196 Å². The Kier molecular flexibility index (Phi) is 6.38. The van der Waals surface area contributed by atoms with E-state index in [-0.39, 0.29) is 11.8 Å². The molecule has 1 atom stereocenters. The van der Waals surface area contributed by atoms with Crippen LogP contribution >= 0.6 is 24.0 Å². The first-order valence-corrected chi connectivity index (χ1v) is 11.7. The molecule has 2 aromatic carbocycles. The van der Waals surface area contributed by atoms with Crippen LogP contribution in [0, 0.1) is 0 Å². The number of phenols is 1. The van der Waals surface area contributed by atoms with Crippen molar-refractivity contribution >= 4 is 34.7 Å². The van der Waals surface area contributed by atoms with Crippen molar-refractivity contribution in [2.24, 2.45) is 0 Å². The number of hydrogen-bond acceptors (Lipinski definition) is 7. The van der Waals surface area contributed by atoms with Gasteiger partial charge in [0.05, 0.1) is 18.7 Å². The fraction of sp³-hybridized carbons (Fsp3) is 0.261. The summed E-state index contributed by atoms with van der Waals surface area (Å²) in [6.45, 7) is 4.71. The van der Waals surface area contributed by atoms with E-state index in [1.165, 1.54) is 12.0 Å². The van der Waals surface area contributed by atoms with Gasteiger partial charge in [-0.05, 0) is 74.3 Å². The van der Waals surface area contributed by atoms with Crippen LogP contribution in [0.4, 0.5) is 0 Å². The number of methoxy groups -OCH3 is 1. The Hall–Kier alpha value is -3.04. The number of allylic oxidation sites excluding steroid dienone is 1. The van der Waals surface area contributed by atoms with E-state index in [2.05, 4.69) is 10.5 Å². The summed E-state index contributed by atoms with van der Waals surface area (Å²) >= 11 is 7.27. The van der Waals surface area contributed by atoms with Gasteiger partial charge in [-0.1, -0.05) is 11.2 Å². The Morgan fingerprint density at radius 2 is 2.00 bits per heavy atom. The smallest absolute Gasteiger partial charge is 0.258 e. The maximum Gasteiger partial charge on any atom is 0.258 e. The minimum absolute atomic E-state index is 0.0488. The molecule has 0 saturated heterocycles. The van der Waals surface area contributed by atoms with E-state index in [9.17, 15) is 5.11 Å². The predicted molar refractivity (Wildman–Crippen MR) is 130 cm³/mol.